The molecule has 2 aromatic rings. The lowest BCUT2D eigenvalue weighted by atomic mass is 10.3. The van der Waals surface area contributed by atoms with Gasteiger partial charge in [0.15, 0.2) is 0 Å². The van der Waals surface area contributed by atoms with Crippen LogP contribution in [0.1, 0.15) is 5.56 Å². The molecule has 0 aliphatic heterocycles. The molecule has 1 aromatic carbocycles. The van der Waals surface area contributed by atoms with Crippen LogP contribution in [0.25, 0.3) is 0 Å². The second-order valence-corrected chi connectivity index (χ2v) is 5.57. The van der Waals surface area contributed by atoms with Crippen molar-refractivity contribution < 1.29 is 12.8 Å². The van der Waals surface area contributed by atoms with Crippen LogP contribution in [0.2, 0.25) is 0 Å². The minimum absolute atomic E-state index is 0.144. The summed E-state index contributed by atoms with van der Waals surface area (Å²) >= 11 is 0. The third kappa shape index (κ3) is 2.65. The molecule has 0 fully saturated rings. The van der Waals surface area contributed by atoms with E-state index in [0.29, 0.717) is 5.56 Å². The monoisotopic (exact) mass is 281 g/mol. The number of aromatic nitrogens is 1. The largest absolute Gasteiger partial charge is 0.398 e. The maximum Gasteiger partial charge on any atom is 0.266 e. The predicted octanol–water partition coefficient (Wildman–Crippen LogP) is 1.91. The van der Waals surface area contributed by atoms with Crippen LogP contribution in [-0.2, 0) is 10.0 Å². The third-order valence-electron chi connectivity index (χ3n) is 2.55. The molecule has 0 spiro atoms. The van der Waals surface area contributed by atoms with Crippen LogP contribution in [0.4, 0.5) is 15.8 Å². The number of pyridine rings is 1. The predicted molar refractivity (Wildman–Crippen MR) is 70.6 cm³/mol. The van der Waals surface area contributed by atoms with Gasteiger partial charge in [0.1, 0.15) is 10.7 Å². The maximum absolute atomic E-state index is 13.6. The van der Waals surface area contributed by atoms with E-state index in [1.165, 1.54) is 24.5 Å². The van der Waals surface area contributed by atoms with E-state index >= 15 is 0 Å². The Labute approximate surface area is 110 Å². The van der Waals surface area contributed by atoms with Crippen LogP contribution in [0.5, 0.6) is 0 Å². The number of sulfonamides is 1. The highest BCUT2D eigenvalue weighted by atomic mass is 32.2. The van der Waals surface area contributed by atoms with Gasteiger partial charge in [0.25, 0.3) is 10.0 Å². The van der Waals surface area contributed by atoms with Gasteiger partial charge in [-0.15, -0.1) is 0 Å². The molecular weight excluding hydrogens is 269 g/mol. The number of nitrogen functional groups attached to an aromatic ring is 1. The highest BCUT2D eigenvalue weighted by molar-refractivity contribution is 7.92. The van der Waals surface area contributed by atoms with E-state index in [2.05, 4.69) is 9.71 Å². The molecule has 0 saturated carbocycles. The van der Waals surface area contributed by atoms with Crippen molar-refractivity contribution >= 4 is 21.4 Å². The van der Waals surface area contributed by atoms with Crippen LogP contribution < -0.4 is 10.5 Å². The summed E-state index contributed by atoms with van der Waals surface area (Å²) in [6, 6.07) is 5.36. The summed E-state index contributed by atoms with van der Waals surface area (Å²) in [4.78, 5) is 3.26. The molecule has 1 aromatic heterocycles. The molecule has 1 heterocycles. The van der Waals surface area contributed by atoms with Crippen molar-refractivity contribution in [3.8, 4) is 0 Å². The van der Waals surface area contributed by atoms with E-state index < -0.39 is 20.7 Å². The summed E-state index contributed by atoms with van der Waals surface area (Å²) in [6.45, 7) is 1.71. The Morgan fingerprint density at radius 3 is 2.68 bits per heavy atom. The lowest BCUT2D eigenvalue weighted by Gasteiger charge is -2.12. The number of hydrogen-bond donors (Lipinski definition) is 2. The van der Waals surface area contributed by atoms with Crippen molar-refractivity contribution in [1.82, 2.24) is 4.98 Å². The van der Waals surface area contributed by atoms with Crippen LogP contribution >= 0.6 is 0 Å². The van der Waals surface area contributed by atoms with Crippen molar-refractivity contribution in [3.63, 3.8) is 0 Å². The normalized spacial score (nSPS) is 11.3. The van der Waals surface area contributed by atoms with Crippen molar-refractivity contribution in [2.45, 2.75) is 11.8 Å². The summed E-state index contributed by atoms with van der Waals surface area (Å²) < 4.78 is 40.2. The molecule has 0 atom stereocenters. The molecule has 0 unspecified atom stereocenters. The number of halogens is 1. The van der Waals surface area contributed by atoms with E-state index in [9.17, 15) is 12.8 Å². The van der Waals surface area contributed by atoms with Crippen LogP contribution in [0.15, 0.2) is 41.6 Å². The van der Waals surface area contributed by atoms with Gasteiger partial charge < -0.3 is 5.73 Å². The van der Waals surface area contributed by atoms with Gasteiger partial charge in [-0.1, -0.05) is 6.07 Å². The molecule has 0 aliphatic rings. The van der Waals surface area contributed by atoms with Gasteiger partial charge in [-0.2, -0.15) is 0 Å². The topological polar surface area (TPSA) is 85.1 Å². The van der Waals surface area contributed by atoms with Gasteiger partial charge >= 0.3 is 0 Å². The van der Waals surface area contributed by atoms with E-state index in [0.717, 1.165) is 6.07 Å². The molecule has 0 saturated heterocycles. The molecule has 0 bridgehead atoms. The summed E-state index contributed by atoms with van der Waals surface area (Å²) in [7, 11) is -4.09. The lowest BCUT2D eigenvalue weighted by Crippen LogP contribution is -2.17. The first kappa shape index (κ1) is 13.3. The molecule has 0 radical (unpaired) electrons. The van der Waals surface area contributed by atoms with Gasteiger partial charge in [0.2, 0.25) is 0 Å². The second-order valence-electron chi connectivity index (χ2n) is 3.95. The first-order chi connectivity index (χ1) is 8.92. The summed E-state index contributed by atoms with van der Waals surface area (Å²) in [5, 5.41) is 0. The van der Waals surface area contributed by atoms with Crippen LogP contribution in [-0.4, -0.2) is 13.4 Å². The van der Waals surface area contributed by atoms with Crippen molar-refractivity contribution in [2.75, 3.05) is 10.5 Å². The van der Waals surface area contributed by atoms with Gasteiger partial charge in [0, 0.05) is 6.20 Å². The number of rotatable bonds is 3. The van der Waals surface area contributed by atoms with Crippen molar-refractivity contribution in [1.29, 1.82) is 0 Å². The second kappa shape index (κ2) is 4.85. The zero-order chi connectivity index (χ0) is 14.0. The first-order valence-corrected chi connectivity index (χ1v) is 6.87. The SMILES string of the molecule is Cc1ccncc1NS(=O)(=O)c1c(N)cccc1F. The van der Waals surface area contributed by atoms with Crippen molar-refractivity contribution in [2.24, 2.45) is 0 Å². The fourth-order valence-electron chi connectivity index (χ4n) is 1.58. The molecular formula is C12H12FN3O2S. The van der Waals surface area contributed by atoms with E-state index in [1.807, 2.05) is 0 Å². The quantitative estimate of drug-likeness (QED) is 0.842. The lowest BCUT2D eigenvalue weighted by molar-refractivity contribution is 0.572. The smallest absolute Gasteiger partial charge is 0.266 e. The minimum atomic E-state index is -4.09. The number of benzene rings is 1. The highest BCUT2D eigenvalue weighted by Gasteiger charge is 2.22. The third-order valence-corrected chi connectivity index (χ3v) is 4.01. The molecule has 19 heavy (non-hydrogen) atoms. The number of hydrogen-bond acceptors (Lipinski definition) is 4. The van der Waals surface area contributed by atoms with Crippen molar-refractivity contribution in [3.05, 3.63) is 48.0 Å². The Bertz CT molecular complexity index is 696. The highest BCUT2D eigenvalue weighted by Crippen LogP contribution is 2.25. The van der Waals surface area contributed by atoms with Gasteiger partial charge in [-0.3, -0.25) is 9.71 Å². The minimum Gasteiger partial charge on any atom is -0.398 e. The molecule has 0 aliphatic carbocycles. The number of nitrogens with one attached hydrogen (secondary N) is 1. The van der Waals surface area contributed by atoms with Crippen LogP contribution in [0, 0.1) is 12.7 Å². The Kier molecular flexibility index (Phi) is 3.39. The molecule has 2 rings (SSSR count). The molecule has 5 nitrogen and oxygen atoms in total. The zero-order valence-electron chi connectivity index (χ0n) is 10.1. The maximum atomic E-state index is 13.6. The fraction of sp³-hybridized carbons (Fsp3) is 0.0833. The fourth-order valence-corrected chi connectivity index (χ4v) is 2.88. The molecule has 3 N–H and O–H groups in total. The number of aryl methyl sites for hydroxylation is 1. The standard InChI is InChI=1S/C12H12FN3O2S/c1-8-5-6-15-7-11(8)16-19(17,18)12-9(13)3-2-4-10(12)14/h2-7,16H,14H2,1H3. The zero-order valence-corrected chi connectivity index (χ0v) is 10.9. The summed E-state index contributed by atoms with van der Waals surface area (Å²) in [6.07, 6.45) is 2.88. The van der Waals surface area contributed by atoms with E-state index in [4.69, 9.17) is 5.73 Å². The van der Waals surface area contributed by atoms with E-state index in [-0.39, 0.29) is 11.4 Å². The first-order valence-electron chi connectivity index (χ1n) is 5.39. The Balaban J connectivity index is 2.47. The van der Waals surface area contributed by atoms with E-state index in [1.54, 1.807) is 13.0 Å². The van der Waals surface area contributed by atoms with Gasteiger partial charge in [-0.25, -0.2) is 12.8 Å². The Hall–Kier alpha value is -2.15. The Morgan fingerprint density at radius 1 is 1.32 bits per heavy atom. The summed E-state index contributed by atoms with van der Waals surface area (Å²) in [5.74, 6) is -0.894. The number of nitrogens with zero attached hydrogens (tertiary/aromatic N) is 1. The van der Waals surface area contributed by atoms with Gasteiger partial charge in [-0.05, 0) is 30.7 Å². The average molecular weight is 281 g/mol. The average Bonchev–Trinajstić information content (AvgIpc) is 2.31. The summed E-state index contributed by atoms with van der Waals surface area (Å²) in [5.41, 5.74) is 6.34. The Morgan fingerprint density at radius 2 is 2.05 bits per heavy atom. The molecule has 100 valence electrons. The van der Waals surface area contributed by atoms with Gasteiger partial charge in [0.05, 0.1) is 17.6 Å². The number of anilines is 2. The van der Waals surface area contributed by atoms with Crippen LogP contribution in [0.3, 0.4) is 0 Å². The molecule has 7 heteroatoms. The molecule has 0 amide bonds. The number of nitrogens with two attached hydrogens (primary N) is 1.